The molecule has 0 atom stereocenters. The van der Waals surface area contributed by atoms with Gasteiger partial charge in [-0.2, -0.15) is 15.8 Å². The molecule has 2 aromatic heterocycles. The Morgan fingerprint density at radius 1 is 0.341 bits per heavy atom. The van der Waals surface area contributed by atoms with Crippen molar-refractivity contribution >= 4 is 56.3 Å². The van der Waals surface area contributed by atoms with E-state index in [0.717, 1.165) is 77.6 Å². The zero-order chi connectivity index (χ0) is 55.6. The Labute approximate surface area is 475 Å². The van der Waals surface area contributed by atoms with E-state index in [1.807, 2.05) is 97.1 Å². The normalized spacial score (nSPS) is 11.1. The van der Waals surface area contributed by atoms with E-state index in [9.17, 15) is 15.8 Å². The molecule has 0 aliphatic carbocycles. The standard InChI is InChI=1S/C73H44N8Si/c1-77-60-40-51(48-76)39-59(41-60)57-31-34-66-65-33-30-56(58-37-49(46-74)36-50(38-58)47-75)44-69(65)81(70(66)45-57)68-35-32-55(43-67(68)73-79-71(52-18-7-2-8-19-52)78-72(80-73)53-20-9-3-10-21-53)54-22-17-29-64(42-54)82(61-23-11-4-12-24-61,62-25-13-5-14-26-62)63-27-15-6-16-28-63/h2-45H. The smallest absolute Gasteiger partial charge is 0.189 e. The number of hydrogen-bond donors (Lipinski definition) is 0. The summed E-state index contributed by atoms with van der Waals surface area (Å²) in [5, 5.41) is 37.2. The molecular weight excluding hydrogens is 1020 g/mol. The van der Waals surface area contributed by atoms with Gasteiger partial charge in [-0.05, 0) is 115 Å². The van der Waals surface area contributed by atoms with Crippen molar-refractivity contribution in [1.82, 2.24) is 19.5 Å². The van der Waals surface area contributed by atoms with Crippen LogP contribution in [0.3, 0.4) is 0 Å². The van der Waals surface area contributed by atoms with Gasteiger partial charge in [0.25, 0.3) is 0 Å². The summed E-state index contributed by atoms with van der Waals surface area (Å²) in [6, 6.07) is 97.9. The average molecular weight is 1060 g/mol. The highest BCUT2D eigenvalue weighted by Gasteiger charge is 2.41. The molecule has 0 aliphatic heterocycles. The number of fused-ring (bicyclic) bond motifs is 3. The predicted octanol–water partition coefficient (Wildman–Crippen LogP) is 14.5. The van der Waals surface area contributed by atoms with E-state index in [2.05, 4.69) is 185 Å². The van der Waals surface area contributed by atoms with Crippen molar-refractivity contribution in [1.29, 1.82) is 15.8 Å². The fourth-order valence-electron chi connectivity index (χ4n) is 11.5. The molecule has 380 valence electrons. The highest BCUT2D eigenvalue weighted by Crippen LogP contribution is 2.42. The second-order valence-corrected chi connectivity index (χ2v) is 23.8. The number of hydrogen-bond acceptors (Lipinski definition) is 6. The minimum Gasteiger partial charge on any atom is -0.308 e. The van der Waals surface area contributed by atoms with Crippen LogP contribution < -0.4 is 20.7 Å². The molecule has 0 radical (unpaired) electrons. The lowest BCUT2D eigenvalue weighted by atomic mass is 9.98. The van der Waals surface area contributed by atoms with Crippen LogP contribution in [0.1, 0.15) is 16.7 Å². The molecule has 13 rings (SSSR count). The molecule has 13 aromatic rings. The number of benzene rings is 11. The Morgan fingerprint density at radius 2 is 0.744 bits per heavy atom. The fourth-order valence-corrected chi connectivity index (χ4v) is 16.3. The Morgan fingerprint density at radius 3 is 1.23 bits per heavy atom. The van der Waals surface area contributed by atoms with Crippen molar-refractivity contribution in [2.75, 3.05) is 0 Å². The zero-order valence-corrected chi connectivity index (χ0v) is 45.0. The van der Waals surface area contributed by atoms with Crippen LogP contribution in [0.5, 0.6) is 0 Å². The summed E-state index contributed by atoms with van der Waals surface area (Å²) in [4.78, 5) is 19.7. The van der Waals surface area contributed by atoms with Gasteiger partial charge in [0.2, 0.25) is 0 Å². The van der Waals surface area contributed by atoms with Crippen LogP contribution >= 0.6 is 0 Å². The van der Waals surface area contributed by atoms with Gasteiger partial charge in [-0.15, -0.1) is 0 Å². The molecule has 9 heteroatoms. The molecule has 0 saturated carbocycles. The van der Waals surface area contributed by atoms with Crippen LogP contribution in [0.2, 0.25) is 0 Å². The van der Waals surface area contributed by atoms with Crippen LogP contribution in [-0.2, 0) is 0 Å². The van der Waals surface area contributed by atoms with Crippen molar-refractivity contribution < 1.29 is 0 Å². The molecule has 82 heavy (non-hydrogen) atoms. The summed E-state index contributed by atoms with van der Waals surface area (Å²) in [5.41, 5.74) is 11.4. The van der Waals surface area contributed by atoms with Crippen LogP contribution in [0.25, 0.3) is 99.9 Å². The number of nitriles is 3. The molecule has 0 unspecified atom stereocenters. The SMILES string of the molecule is [C-]#[N+]c1cc(C#N)cc(-c2ccc3c4ccc(-c5cc(C#N)cc(C#N)c5)cc4n(-c4ccc(-c5cccc([Si](c6ccccc6)(c6ccccc6)c6ccccc6)c5)cc4-c4nc(-c5ccccc5)nc(-c5ccccc5)n4)c3c2)c1. The van der Waals surface area contributed by atoms with Crippen molar-refractivity contribution in [3.8, 4) is 91.4 Å². The Hall–Kier alpha value is -11.6. The summed E-state index contributed by atoms with van der Waals surface area (Å²) >= 11 is 0. The van der Waals surface area contributed by atoms with Crippen LogP contribution in [-0.4, -0.2) is 27.6 Å². The Balaban J connectivity index is 1.12. The van der Waals surface area contributed by atoms with Crippen LogP contribution in [0.4, 0.5) is 5.69 Å². The van der Waals surface area contributed by atoms with E-state index in [0.29, 0.717) is 39.9 Å². The summed E-state index contributed by atoms with van der Waals surface area (Å²) in [6.45, 7) is 7.91. The van der Waals surface area contributed by atoms with Gasteiger partial charge < -0.3 is 4.57 Å². The van der Waals surface area contributed by atoms with Gasteiger partial charge in [0, 0.05) is 33.0 Å². The Bertz CT molecular complexity index is 4430. The summed E-state index contributed by atoms with van der Waals surface area (Å²) in [7, 11) is -2.95. The van der Waals surface area contributed by atoms with Crippen molar-refractivity contribution in [2.45, 2.75) is 0 Å². The monoisotopic (exact) mass is 1060 g/mol. The number of aromatic nitrogens is 4. The highest BCUT2D eigenvalue weighted by molar-refractivity contribution is 7.19. The summed E-state index contributed by atoms with van der Waals surface area (Å²) in [6.07, 6.45) is 0. The van der Waals surface area contributed by atoms with Gasteiger partial charge in [0.15, 0.2) is 31.2 Å². The third-order valence-electron chi connectivity index (χ3n) is 15.2. The predicted molar refractivity (Wildman–Crippen MR) is 331 cm³/mol. The van der Waals surface area contributed by atoms with Crippen molar-refractivity contribution in [3.05, 3.63) is 295 Å². The minimum atomic E-state index is -2.95. The molecule has 11 aromatic carbocycles. The van der Waals surface area contributed by atoms with E-state index < -0.39 is 8.07 Å². The molecule has 0 spiro atoms. The quantitative estimate of drug-likeness (QED) is 0.0723. The third-order valence-corrected chi connectivity index (χ3v) is 20.0. The van der Waals surface area contributed by atoms with Gasteiger partial charge in [-0.1, -0.05) is 206 Å². The lowest BCUT2D eigenvalue weighted by molar-refractivity contribution is 1.06. The van der Waals surface area contributed by atoms with Crippen molar-refractivity contribution in [3.63, 3.8) is 0 Å². The van der Waals surface area contributed by atoms with E-state index in [4.69, 9.17) is 21.5 Å². The van der Waals surface area contributed by atoms with Gasteiger partial charge in [0.1, 0.15) is 0 Å². The lowest BCUT2D eigenvalue weighted by Crippen LogP contribution is -2.74. The van der Waals surface area contributed by atoms with Gasteiger partial charge in [-0.25, -0.2) is 19.8 Å². The van der Waals surface area contributed by atoms with Gasteiger partial charge in [0.05, 0.1) is 52.6 Å². The fraction of sp³-hybridized carbons (Fsp3) is 0. The molecule has 0 fully saturated rings. The zero-order valence-electron chi connectivity index (χ0n) is 44.0. The first-order chi connectivity index (χ1) is 40.4. The molecule has 0 bridgehead atoms. The first kappa shape index (κ1) is 49.9. The first-order valence-electron chi connectivity index (χ1n) is 26.7. The minimum absolute atomic E-state index is 0.368. The molecule has 0 aliphatic rings. The van der Waals surface area contributed by atoms with E-state index >= 15 is 0 Å². The largest absolute Gasteiger partial charge is 0.308 e. The van der Waals surface area contributed by atoms with E-state index in [-0.39, 0.29) is 0 Å². The molecular formula is C73H44N8Si. The molecule has 0 saturated heterocycles. The molecule has 2 heterocycles. The first-order valence-corrected chi connectivity index (χ1v) is 28.7. The third kappa shape index (κ3) is 9.04. The van der Waals surface area contributed by atoms with Gasteiger partial charge >= 0.3 is 0 Å². The number of rotatable bonds is 11. The van der Waals surface area contributed by atoms with E-state index in [1.54, 1.807) is 12.1 Å². The topological polar surface area (TPSA) is 119 Å². The molecule has 0 N–H and O–H groups in total. The molecule has 8 nitrogen and oxygen atoms in total. The lowest BCUT2D eigenvalue weighted by Gasteiger charge is -2.34. The maximum atomic E-state index is 10.1. The van der Waals surface area contributed by atoms with Crippen LogP contribution in [0.15, 0.2) is 267 Å². The van der Waals surface area contributed by atoms with E-state index in [1.165, 1.54) is 20.7 Å². The summed E-state index contributed by atoms with van der Waals surface area (Å²) in [5.74, 6) is 1.48. The maximum Gasteiger partial charge on any atom is 0.189 e. The maximum absolute atomic E-state index is 10.1. The Kier molecular flexibility index (Phi) is 13.0. The highest BCUT2D eigenvalue weighted by atomic mass is 28.3. The van der Waals surface area contributed by atoms with Crippen molar-refractivity contribution in [2.24, 2.45) is 0 Å². The van der Waals surface area contributed by atoms with Gasteiger partial charge in [-0.3, -0.25) is 0 Å². The second-order valence-electron chi connectivity index (χ2n) is 20.0. The average Bonchev–Trinajstić information content (AvgIpc) is 4.10. The second kappa shape index (κ2) is 21.3. The molecule has 0 amide bonds. The number of nitrogens with zero attached hydrogens (tertiary/aromatic N) is 8. The summed E-state index contributed by atoms with van der Waals surface area (Å²) < 4.78 is 2.24. The van der Waals surface area contributed by atoms with Crippen LogP contribution in [0, 0.1) is 40.6 Å².